The minimum absolute atomic E-state index is 0.155. The van der Waals surface area contributed by atoms with Crippen molar-refractivity contribution in [1.82, 2.24) is 9.55 Å². The van der Waals surface area contributed by atoms with Gasteiger partial charge in [0.25, 0.3) is 5.56 Å². The number of benzene rings is 1. The number of rotatable bonds is 4. The highest BCUT2D eigenvalue weighted by Gasteiger charge is 2.44. The lowest BCUT2D eigenvalue weighted by molar-refractivity contribution is -0.172. The maximum Gasteiger partial charge on any atom is 0.399 e. The number of aromatic nitrogens is 2. The van der Waals surface area contributed by atoms with Crippen LogP contribution < -0.4 is 15.8 Å². The van der Waals surface area contributed by atoms with Crippen LogP contribution in [-0.2, 0) is 20.4 Å². The van der Waals surface area contributed by atoms with Crippen molar-refractivity contribution in [3.05, 3.63) is 60.9 Å². The molecule has 0 aliphatic carbocycles. The fourth-order valence-electron chi connectivity index (χ4n) is 3.53. The van der Waals surface area contributed by atoms with E-state index in [1.165, 1.54) is 6.20 Å². The van der Waals surface area contributed by atoms with E-state index in [9.17, 15) is 14.7 Å². The Morgan fingerprint density at radius 2 is 2.13 bits per heavy atom. The summed E-state index contributed by atoms with van der Waals surface area (Å²) in [5.41, 5.74) is -0.678. The third-order valence-corrected chi connectivity index (χ3v) is 6.28. The van der Waals surface area contributed by atoms with Crippen molar-refractivity contribution in [3.63, 3.8) is 0 Å². The maximum absolute atomic E-state index is 12.0. The normalized spacial score (nSPS) is 25.4. The predicted octanol–water partition coefficient (Wildman–Crippen LogP) is 2.15. The van der Waals surface area contributed by atoms with Gasteiger partial charge in [-0.1, -0.05) is 29.3 Å². The lowest BCUT2D eigenvalue weighted by Crippen LogP contribution is -2.45. The van der Waals surface area contributed by atoms with Crippen LogP contribution in [0.2, 0.25) is 5.02 Å². The molecule has 2 radical (unpaired) electrons. The molecule has 1 saturated heterocycles. The fourth-order valence-corrected chi connectivity index (χ4v) is 4.84. The van der Waals surface area contributed by atoms with Gasteiger partial charge >= 0.3 is 14.3 Å². The molecule has 0 spiro atoms. The molecule has 2 aliphatic rings. The number of ether oxygens (including phenoxy) is 1. The summed E-state index contributed by atoms with van der Waals surface area (Å²) in [5.74, 6) is 0.647. The van der Waals surface area contributed by atoms with E-state index in [1.807, 2.05) is 26.0 Å². The van der Waals surface area contributed by atoms with Gasteiger partial charge in [0.1, 0.15) is 23.1 Å². The molecule has 4 unspecified atom stereocenters. The molecule has 0 bridgehead atoms. The first kappa shape index (κ1) is 21.6. The number of aryl methyl sites for hydroxylation is 2. The monoisotopic (exact) mass is 452 g/mol. The largest absolute Gasteiger partial charge is 0.426 e. The molecule has 1 fully saturated rings. The summed E-state index contributed by atoms with van der Waals surface area (Å²) in [6.07, 6.45) is 0.0821. The summed E-state index contributed by atoms with van der Waals surface area (Å²) in [7, 11) is 4.00. The first-order chi connectivity index (χ1) is 14.1. The van der Waals surface area contributed by atoms with Gasteiger partial charge in [0, 0.05) is 11.8 Å². The highest BCUT2D eigenvalue weighted by Crippen LogP contribution is 2.51. The minimum Gasteiger partial charge on any atom is -0.426 e. The van der Waals surface area contributed by atoms with E-state index >= 15 is 0 Å². The van der Waals surface area contributed by atoms with Crippen LogP contribution in [0.5, 0.6) is 5.75 Å². The summed E-state index contributed by atoms with van der Waals surface area (Å²) in [6.45, 7) is 4.16. The second-order valence-electron chi connectivity index (χ2n) is 7.30. The molecular formula is C18H19BClN2O7P. The van der Waals surface area contributed by atoms with Crippen molar-refractivity contribution in [2.45, 2.75) is 51.3 Å². The molecule has 0 amide bonds. The Kier molecular flexibility index (Phi) is 5.83. The highest BCUT2D eigenvalue weighted by atomic mass is 35.5. The Morgan fingerprint density at radius 1 is 1.37 bits per heavy atom. The van der Waals surface area contributed by atoms with E-state index in [0.29, 0.717) is 18.6 Å². The zero-order valence-electron chi connectivity index (χ0n) is 16.3. The number of aromatic amines is 1. The molecule has 2 N–H and O–H groups in total. The van der Waals surface area contributed by atoms with E-state index in [2.05, 4.69) is 4.98 Å². The second kappa shape index (κ2) is 8.11. The number of aliphatic hydroxyl groups is 1. The molecule has 2 aliphatic heterocycles. The zero-order chi connectivity index (χ0) is 21.6. The van der Waals surface area contributed by atoms with Gasteiger partial charge in [-0.2, -0.15) is 0 Å². The Bertz CT molecular complexity index is 1090. The van der Waals surface area contributed by atoms with Crippen molar-refractivity contribution in [3.8, 4) is 5.75 Å². The van der Waals surface area contributed by atoms with Crippen molar-refractivity contribution >= 4 is 28.0 Å². The van der Waals surface area contributed by atoms with E-state index in [1.54, 1.807) is 0 Å². The summed E-state index contributed by atoms with van der Waals surface area (Å²) < 4.78 is 23.7. The van der Waals surface area contributed by atoms with Crippen LogP contribution in [0.1, 0.15) is 35.8 Å². The maximum atomic E-state index is 12.0. The SMILES string of the molecule is [B]C(O)(OP1OCc2cc(C)cc(C)c2O1)C1CCC(n2cc(Cl)c(=O)[nH]c2=O)O1. The molecular weight excluding hydrogens is 433 g/mol. The molecule has 12 heteroatoms. The molecule has 2 aromatic rings. The van der Waals surface area contributed by atoms with Gasteiger partial charge < -0.3 is 14.4 Å². The first-order valence-corrected chi connectivity index (χ1v) is 10.7. The summed E-state index contributed by atoms with van der Waals surface area (Å²) in [6, 6.07) is 3.94. The average molecular weight is 453 g/mol. The van der Waals surface area contributed by atoms with Crippen LogP contribution in [0.4, 0.5) is 0 Å². The number of hydrogen-bond donors (Lipinski definition) is 2. The fraction of sp³-hybridized carbons (Fsp3) is 0.444. The topological polar surface area (TPSA) is 112 Å². The molecule has 9 nitrogen and oxygen atoms in total. The Balaban J connectivity index is 1.45. The Labute approximate surface area is 179 Å². The standard InChI is InChI=1S/C18H19BClN2O7P/c1-9-5-10(2)15-11(6-9)8-26-30(28-15)29-18(19,25)13-3-4-14(27-13)22-7-12(20)16(23)21-17(22)24/h5-7,13-14,25H,3-4,8H2,1-2H3,(H,21,23,24). The third-order valence-electron chi connectivity index (χ3n) is 4.90. The van der Waals surface area contributed by atoms with Crippen LogP contribution >= 0.6 is 20.2 Å². The molecule has 4 rings (SSSR count). The lowest BCUT2D eigenvalue weighted by Gasteiger charge is -2.34. The number of fused-ring (bicyclic) bond motifs is 1. The van der Waals surface area contributed by atoms with Gasteiger partial charge in [0.05, 0.1) is 6.61 Å². The van der Waals surface area contributed by atoms with Gasteiger partial charge in [-0.25, -0.2) is 4.79 Å². The number of nitrogens with zero attached hydrogens (tertiary/aromatic N) is 1. The third kappa shape index (κ3) is 4.21. The number of hydrogen-bond acceptors (Lipinski definition) is 7. The quantitative estimate of drug-likeness (QED) is 0.415. The lowest BCUT2D eigenvalue weighted by atomic mass is 9.88. The number of H-pyrrole nitrogens is 1. The van der Waals surface area contributed by atoms with Crippen molar-refractivity contribution in [2.75, 3.05) is 0 Å². The van der Waals surface area contributed by atoms with Gasteiger partial charge in [-0.05, 0) is 32.3 Å². The smallest absolute Gasteiger partial charge is 0.399 e. The van der Waals surface area contributed by atoms with E-state index < -0.39 is 37.9 Å². The first-order valence-electron chi connectivity index (χ1n) is 9.22. The van der Waals surface area contributed by atoms with E-state index in [0.717, 1.165) is 21.3 Å². The van der Waals surface area contributed by atoms with E-state index in [-0.39, 0.29) is 11.6 Å². The molecule has 1 aromatic heterocycles. The second-order valence-corrected chi connectivity index (χ2v) is 8.78. The Hall–Kier alpha value is -1.68. The average Bonchev–Trinajstić information content (AvgIpc) is 3.16. The summed E-state index contributed by atoms with van der Waals surface area (Å²) in [4.78, 5) is 25.6. The van der Waals surface area contributed by atoms with Crippen molar-refractivity contribution in [2.24, 2.45) is 0 Å². The zero-order valence-corrected chi connectivity index (χ0v) is 17.9. The van der Waals surface area contributed by atoms with Crippen LogP contribution in [0.25, 0.3) is 0 Å². The molecule has 0 saturated carbocycles. The van der Waals surface area contributed by atoms with Crippen LogP contribution in [0, 0.1) is 13.8 Å². The Morgan fingerprint density at radius 3 is 2.90 bits per heavy atom. The summed E-state index contributed by atoms with van der Waals surface area (Å²) >= 11 is 5.79. The van der Waals surface area contributed by atoms with Crippen molar-refractivity contribution < 1.29 is 23.4 Å². The molecule has 30 heavy (non-hydrogen) atoms. The predicted molar refractivity (Wildman–Crippen MR) is 110 cm³/mol. The minimum atomic E-state index is -2.22. The number of nitrogens with one attached hydrogen (secondary N) is 1. The van der Waals surface area contributed by atoms with E-state index in [4.69, 9.17) is 37.8 Å². The van der Waals surface area contributed by atoms with Gasteiger partial charge in [-0.3, -0.25) is 23.4 Å². The molecule has 158 valence electrons. The van der Waals surface area contributed by atoms with Crippen LogP contribution in [0.3, 0.4) is 0 Å². The highest BCUT2D eigenvalue weighted by molar-refractivity contribution is 7.42. The number of halogens is 1. The van der Waals surface area contributed by atoms with Gasteiger partial charge in [-0.15, -0.1) is 0 Å². The molecule has 3 heterocycles. The summed E-state index contributed by atoms with van der Waals surface area (Å²) in [5, 5.41) is 10.5. The van der Waals surface area contributed by atoms with Gasteiger partial charge in [0.15, 0.2) is 13.5 Å². The molecule has 1 aromatic carbocycles. The van der Waals surface area contributed by atoms with Crippen molar-refractivity contribution in [1.29, 1.82) is 0 Å². The molecule has 4 atom stereocenters. The van der Waals surface area contributed by atoms with Crippen LogP contribution in [0.15, 0.2) is 27.9 Å². The van der Waals surface area contributed by atoms with Crippen LogP contribution in [-0.4, -0.2) is 34.3 Å². The van der Waals surface area contributed by atoms with Gasteiger partial charge in [0.2, 0.25) is 0 Å².